The summed E-state index contributed by atoms with van der Waals surface area (Å²) in [6.45, 7) is 0.636. The summed E-state index contributed by atoms with van der Waals surface area (Å²) in [7, 11) is 1.78. The topological polar surface area (TPSA) is 77.2 Å². The lowest BCUT2D eigenvalue weighted by Crippen LogP contribution is -2.16. The van der Waals surface area contributed by atoms with Gasteiger partial charge in [-0.3, -0.25) is 4.79 Å². The Balaban J connectivity index is 1.88. The number of carbonyl (C=O) groups is 1. The second-order valence-electron chi connectivity index (χ2n) is 4.79. The number of hydrogen-bond acceptors (Lipinski definition) is 5. The van der Waals surface area contributed by atoms with Gasteiger partial charge in [-0.25, -0.2) is 9.67 Å². The molecule has 2 aromatic rings. The van der Waals surface area contributed by atoms with E-state index in [9.17, 15) is 4.79 Å². The molecule has 1 N–H and O–H groups in total. The number of benzene rings is 1. The van der Waals surface area contributed by atoms with Gasteiger partial charge in [0, 0.05) is 12.6 Å². The van der Waals surface area contributed by atoms with E-state index in [1.54, 1.807) is 11.7 Å². The molecule has 1 aromatic carbocycles. The third kappa shape index (κ3) is 2.87. The molecule has 6 nitrogen and oxygen atoms in total. The van der Waals surface area contributed by atoms with Gasteiger partial charge in [0.15, 0.2) is 11.0 Å². The lowest BCUT2D eigenvalue weighted by Gasteiger charge is -2.23. The van der Waals surface area contributed by atoms with Crippen molar-refractivity contribution in [3.63, 3.8) is 0 Å². The monoisotopic (exact) mass is 305 g/mol. The predicted octanol–water partition coefficient (Wildman–Crippen LogP) is 1.91. The Morgan fingerprint density at radius 1 is 1.52 bits per heavy atom. The normalized spacial score (nSPS) is 17.1. The number of aromatic nitrogens is 3. The Labute approximate surface area is 126 Å². The van der Waals surface area contributed by atoms with Crippen LogP contribution in [0.2, 0.25) is 0 Å². The number of hydrogen-bond donors (Lipinski definition) is 1. The molecule has 21 heavy (non-hydrogen) atoms. The van der Waals surface area contributed by atoms with Crippen molar-refractivity contribution in [1.29, 1.82) is 0 Å². The summed E-state index contributed by atoms with van der Waals surface area (Å²) in [4.78, 5) is 15.2. The Morgan fingerprint density at radius 2 is 2.33 bits per heavy atom. The van der Waals surface area contributed by atoms with E-state index in [0.29, 0.717) is 11.8 Å². The molecule has 3 rings (SSSR count). The largest absolute Gasteiger partial charge is 0.493 e. The molecule has 7 heteroatoms. The summed E-state index contributed by atoms with van der Waals surface area (Å²) >= 11 is 1.18. The molecule has 0 radical (unpaired) electrons. The summed E-state index contributed by atoms with van der Waals surface area (Å²) in [5.74, 6) is 0.819. The highest BCUT2D eigenvalue weighted by atomic mass is 32.2. The summed E-state index contributed by atoms with van der Waals surface area (Å²) in [6, 6.07) is 7.90. The van der Waals surface area contributed by atoms with Crippen LogP contribution in [0.25, 0.3) is 0 Å². The van der Waals surface area contributed by atoms with Crippen LogP contribution in [0.1, 0.15) is 23.7 Å². The van der Waals surface area contributed by atoms with Gasteiger partial charge in [0.2, 0.25) is 0 Å². The standard InChI is InChI=1S/C14H15N3O3S/c1-17-14(21-8-12(18)19)15-13(16-17)10-6-7-20-11-5-3-2-4-9(10)11/h2-5,10H,6-8H2,1H3,(H,18,19). The molecule has 0 aliphatic carbocycles. The first-order valence-electron chi connectivity index (χ1n) is 6.62. The molecule has 0 amide bonds. The molecule has 0 spiro atoms. The van der Waals surface area contributed by atoms with Crippen molar-refractivity contribution in [2.24, 2.45) is 7.05 Å². The molecule has 110 valence electrons. The lowest BCUT2D eigenvalue weighted by atomic mass is 9.93. The second-order valence-corrected chi connectivity index (χ2v) is 5.73. The number of aryl methyl sites for hydroxylation is 1. The van der Waals surface area contributed by atoms with Gasteiger partial charge in [-0.15, -0.1) is 0 Å². The van der Waals surface area contributed by atoms with Crippen LogP contribution in [0.15, 0.2) is 29.4 Å². The average Bonchev–Trinajstić information content (AvgIpc) is 2.85. The molecular formula is C14H15N3O3S. The number of carboxylic acids is 1. The molecule has 1 aliphatic heterocycles. The maximum atomic E-state index is 10.7. The SMILES string of the molecule is Cn1nc(C2CCOc3ccccc32)nc1SCC(=O)O. The fourth-order valence-electron chi connectivity index (χ4n) is 2.40. The Morgan fingerprint density at radius 3 is 3.14 bits per heavy atom. The smallest absolute Gasteiger partial charge is 0.313 e. The van der Waals surface area contributed by atoms with Gasteiger partial charge >= 0.3 is 5.97 Å². The zero-order valence-corrected chi connectivity index (χ0v) is 12.3. The van der Waals surface area contributed by atoms with Crippen molar-refractivity contribution in [2.75, 3.05) is 12.4 Å². The minimum absolute atomic E-state index is 0.0175. The van der Waals surface area contributed by atoms with Crippen LogP contribution in [0.3, 0.4) is 0 Å². The predicted molar refractivity (Wildman–Crippen MR) is 77.8 cm³/mol. The van der Waals surface area contributed by atoms with Crippen LogP contribution < -0.4 is 4.74 Å². The Bertz CT molecular complexity index is 671. The fraction of sp³-hybridized carbons (Fsp3) is 0.357. The van der Waals surface area contributed by atoms with Crippen molar-refractivity contribution in [3.8, 4) is 5.75 Å². The van der Waals surface area contributed by atoms with Gasteiger partial charge in [0.05, 0.1) is 18.3 Å². The lowest BCUT2D eigenvalue weighted by molar-refractivity contribution is -0.133. The number of carboxylic acid groups (broad SMARTS) is 1. The van der Waals surface area contributed by atoms with Crippen LogP contribution in [0.5, 0.6) is 5.75 Å². The van der Waals surface area contributed by atoms with Gasteiger partial charge in [0.1, 0.15) is 5.75 Å². The van der Waals surface area contributed by atoms with E-state index in [0.717, 1.165) is 23.6 Å². The first-order valence-corrected chi connectivity index (χ1v) is 7.61. The van der Waals surface area contributed by atoms with Gasteiger partial charge in [0.25, 0.3) is 0 Å². The van der Waals surface area contributed by atoms with Crippen molar-refractivity contribution >= 4 is 17.7 Å². The molecule has 2 heterocycles. The zero-order chi connectivity index (χ0) is 14.8. The minimum Gasteiger partial charge on any atom is -0.493 e. The summed E-state index contributed by atoms with van der Waals surface area (Å²) in [5, 5.41) is 13.8. The molecule has 1 atom stereocenters. The first-order chi connectivity index (χ1) is 10.1. The van der Waals surface area contributed by atoms with Crippen LogP contribution in [-0.4, -0.2) is 38.2 Å². The molecule has 0 fully saturated rings. The molecule has 1 aromatic heterocycles. The minimum atomic E-state index is -0.860. The summed E-state index contributed by atoms with van der Waals surface area (Å²) in [5.41, 5.74) is 1.09. The fourth-order valence-corrected chi connectivity index (χ4v) is 3.04. The van der Waals surface area contributed by atoms with Crippen molar-refractivity contribution in [1.82, 2.24) is 14.8 Å². The molecular weight excluding hydrogens is 290 g/mol. The number of ether oxygens (including phenoxy) is 1. The number of rotatable bonds is 4. The number of fused-ring (bicyclic) bond motifs is 1. The number of thioether (sulfide) groups is 1. The highest BCUT2D eigenvalue weighted by Crippen LogP contribution is 2.37. The number of aliphatic carboxylic acids is 1. The van der Waals surface area contributed by atoms with Crippen LogP contribution in [0.4, 0.5) is 0 Å². The molecule has 1 aliphatic rings. The van der Waals surface area contributed by atoms with Crippen LogP contribution in [-0.2, 0) is 11.8 Å². The van der Waals surface area contributed by atoms with Gasteiger partial charge in [-0.2, -0.15) is 5.10 Å². The van der Waals surface area contributed by atoms with Gasteiger partial charge in [-0.1, -0.05) is 30.0 Å². The van der Waals surface area contributed by atoms with E-state index in [2.05, 4.69) is 10.1 Å². The van der Waals surface area contributed by atoms with Crippen LogP contribution in [0, 0.1) is 0 Å². The van der Waals surface area contributed by atoms with E-state index >= 15 is 0 Å². The Kier molecular flexibility index (Phi) is 3.83. The molecule has 0 bridgehead atoms. The quantitative estimate of drug-likeness (QED) is 0.869. The van der Waals surface area contributed by atoms with E-state index in [1.165, 1.54) is 11.8 Å². The third-order valence-corrected chi connectivity index (χ3v) is 4.34. The van der Waals surface area contributed by atoms with E-state index in [1.807, 2.05) is 24.3 Å². The summed E-state index contributed by atoms with van der Waals surface area (Å²) in [6.07, 6.45) is 0.823. The number of nitrogens with zero attached hydrogens (tertiary/aromatic N) is 3. The van der Waals surface area contributed by atoms with E-state index in [4.69, 9.17) is 9.84 Å². The van der Waals surface area contributed by atoms with Crippen LogP contribution >= 0.6 is 11.8 Å². The maximum Gasteiger partial charge on any atom is 0.313 e. The highest BCUT2D eigenvalue weighted by Gasteiger charge is 2.26. The Hall–Kier alpha value is -2.02. The molecule has 0 saturated carbocycles. The molecule has 1 unspecified atom stereocenters. The van der Waals surface area contributed by atoms with E-state index in [-0.39, 0.29) is 11.7 Å². The van der Waals surface area contributed by atoms with E-state index < -0.39 is 5.97 Å². The highest BCUT2D eigenvalue weighted by molar-refractivity contribution is 7.99. The summed E-state index contributed by atoms with van der Waals surface area (Å²) < 4.78 is 7.29. The van der Waals surface area contributed by atoms with Crippen molar-refractivity contribution in [3.05, 3.63) is 35.7 Å². The van der Waals surface area contributed by atoms with Crippen molar-refractivity contribution in [2.45, 2.75) is 17.5 Å². The van der Waals surface area contributed by atoms with Gasteiger partial charge in [-0.05, 0) is 12.5 Å². The van der Waals surface area contributed by atoms with Gasteiger partial charge < -0.3 is 9.84 Å². The third-order valence-electron chi connectivity index (χ3n) is 3.33. The zero-order valence-electron chi connectivity index (χ0n) is 11.5. The maximum absolute atomic E-state index is 10.7. The second kappa shape index (κ2) is 5.77. The number of para-hydroxylation sites is 1. The van der Waals surface area contributed by atoms with Crippen molar-refractivity contribution < 1.29 is 14.6 Å². The average molecular weight is 305 g/mol. The molecule has 0 saturated heterocycles. The first kappa shape index (κ1) is 13.9.